The van der Waals surface area contributed by atoms with Gasteiger partial charge in [0.1, 0.15) is 5.75 Å². The average Bonchev–Trinajstić information content (AvgIpc) is 3.09. The summed E-state index contributed by atoms with van der Waals surface area (Å²) in [7, 11) is 1.64. The van der Waals surface area contributed by atoms with E-state index in [1.807, 2.05) is 60.0 Å². The smallest absolute Gasteiger partial charge is 0.234 e. The number of carbonyl (C=O) groups excluding carboxylic acids is 1. The fraction of sp³-hybridized carbons (Fsp3) is 0.211. The Balaban J connectivity index is 1.68. The second-order valence-corrected chi connectivity index (χ2v) is 7.81. The molecule has 0 saturated carbocycles. The van der Waals surface area contributed by atoms with E-state index in [0.29, 0.717) is 0 Å². The molecule has 0 aliphatic carbocycles. The quantitative estimate of drug-likeness (QED) is 0.392. The van der Waals surface area contributed by atoms with Gasteiger partial charge in [-0.05, 0) is 72.0 Å². The number of halogens is 1. The molecule has 0 atom stereocenters. The Morgan fingerprint density at radius 1 is 1.22 bits per heavy atom. The van der Waals surface area contributed by atoms with Crippen LogP contribution in [-0.4, -0.2) is 33.5 Å². The Kier molecular flexibility index (Phi) is 6.73. The number of thioether (sulfide) groups is 1. The van der Waals surface area contributed by atoms with E-state index in [1.165, 1.54) is 11.8 Å². The molecule has 0 spiro atoms. The number of rotatable bonds is 7. The molecule has 27 heavy (non-hydrogen) atoms. The maximum Gasteiger partial charge on any atom is 0.234 e. The monoisotopic (exact) mass is 494 g/mol. The van der Waals surface area contributed by atoms with Gasteiger partial charge in [-0.3, -0.25) is 4.79 Å². The highest BCUT2D eigenvalue weighted by Gasteiger charge is 2.15. The van der Waals surface area contributed by atoms with Crippen molar-refractivity contribution in [3.63, 3.8) is 0 Å². The molecule has 3 aromatic rings. The van der Waals surface area contributed by atoms with Crippen LogP contribution >= 0.6 is 34.4 Å². The molecule has 6 nitrogen and oxygen atoms in total. The van der Waals surface area contributed by atoms with E-state index in [0.717, 1.165) is 38.1 Å². The van der Waals surface area contributed by atoms with Crippen molar-refractivity contribution >= 4 is 45.9 Å². The van der Waals surface area contributed by atoms with Gasteiger partial charge in [0.15, 0.2) is 11.0 Å². The second-order valence-electron chi connectivity index (χ2n) is 5.63. The summed E-state index contributed by atoms with van der Waals surface area (Å²) in [4.78, 5) is 12.2. The minimum Gasteiger partial charge on any atom is -0.497 e. The number of aromatic nitrogens is 3. The van der Waals surface area contributed by atoms with Crippen LogP contribution in [0.1, 0.15) is 6.92 Å². The topological polar surface area (TPSA) is 69.0 Å². The number of carbonyl (C=O) groups is 1. The van der Waals surface area contributed by atoms with Crippen LogP contribution in [0, 0.1) is 3.57 Å². The molecule has 0 bridgehead atoms. The number of hydrogen-bond donors (Lipinski definition) is 1. The lowest BCUT2D eigenvalue weighted by atomic mass is 10.2. The minimum absolute atomic E-state index is 0.0707. The summed E-state index contributed by atoms with van der Waals surface area (Å²) in [5, 5.41) is 12.2. The highest BCUT2D eigenvalue weighted by Crippen LogP contribution is 2.25. The Bertz CT molecular complexity index is 928. The molecule has 3 rings (SSSR count). The molecule has 1 amide bonds. The van der Waals surface area contributed by atoms with Crippen molar-refractivity contribution in [3.05, 3.63) is 52.1 Å². The van der Waals surface area contributed by atoms with E-state index >= 15 is 0 Å². The molecule has 8 heteroatoms. The first-order chi connectivity index (χ1) is 13.1. The van der Waals surface area contributed by atoms with Gasteiger partial charge in [0.25, 0.3) is 0 Å². The zero-order chi connectivity index (χ0) is 19.2. The predicted octanol–water partition coefficient (Wildman–Crippen LogP) is 4.31. The van der Waals surface area contributed by atoms with Crippen LogP contribution in [-0.2, 0) is 11.3 Å². The zero-order valence-corrected chi connectivity index (χ0v) is 18.0. The van der Waals surface area contributed by atoms with Crippen LogP contribution < -0.4 is 10.1 Å². The van der Waals surface area contributed by atoms with Gasteiger partial charge in [-0.25, -0.2) is 0 Å². The summed E-state index contributed by atoms with van der Waals surface area (Å²) in [6.07, 6.45) is 0. The van der Waals surface area contributed by atoms with Crippen molar-refractivity contribution in [2.45, 2.75) is 18.6 Å². The Hall–Kier alpha value is -2.07. The van der Waals surface area contributed by atoms with Gasteiger partial charge in [0.2, 0.25) is 5.91 Å². The van der Waals surface area contributed by atoms with Crippen molar-refractivity contribution in [1.29, 1.82) is 0 Å². The van der Waals surface area contributed by atoms with Crippen LogP contribution in [0.4, 0.5) is 5.69 Å². The van der Waals surface area contributed by atoms with Crippen molar-refractivity contribution < 1.29 is 9.53 Å². The SMILES string of the molecule is CCn1c(SCC(=O)Nc2cccc(I)c2)nnc1-c1ccc(OC)cc1. The molecule has 1 heterocycles. The summed E-state index contributed by atoms with van der Waals surface area (Å²) < 4.78 is 8.28. The number of ether oxygens (including phenoxy) is 1. The van der Waals surface area contributed by atoms with Crippen molar-refractivity contribution in [3.8, 4) is 17.1 Å². The average molecular weight is 494 g/mol. The summed E-state index contributed by atoms with van der Waals surface area (Å²) in [6.45, 7) is 2.75. The first-order valence-electron chi connectivity index (χ1n) is 8.36. The molecular formula is C19H19IN4O2S. The van der Waals surface area contributed by atoms with Gasteiger partial charge in [-0.2, -0.15) is 0 Å². The third kappa shape index (κ3) is 5.01. The Labute approximate surface area is 175 Å². The van der Waals surface area contributed by atoms with Gasteiger partial charge in [0, 0.05) is 21.4 Å². The molecule has 0 unspecified atom stereocenters. The highest BCUT2D eigenvalue weighted by molar-refractivity contribution is 14.1. The summed E-state index contributed by atoms with van der Waals surface area (Å²) in [5.74, 6) is 1.77. The molecule has 0 aliphatic heterocycles. The van der Waals surface area contributed by atoms with E-state index < -0.39 is 0 Å². The number of hydrogen-bond acceptors (Lipinski definition) is 5. The molecule has 1 aromatic heterocycles. The van der Waals surface area contributed by atoms with Crippen molar-refractivity contribution in [2.24, 2.45) is 0 Å². The molecule has 0 fully saturated rings. The normalized spacial score (nSPS) is 10.6. The van der Waals surface area contributed by atoms with E-state index in [2.05, 4.69) is 38.1 Å². The summed E-state index contributed by atoms with van der Waals surface area (Å²) in [6, 6.07) is 15.4. The van der Waals surface area contributed by atoms with Gasteiger partial charge in [0.05, 0.1) is 12.9 Å². The van der Waals surface area contributed by atoms with Gasteiger partial charge in [-0.15, -0.1) is 10.2 Å². The highest BCUT2D eigenvalue weighted by atomic mass is 127. The first kappa shape index (κ1) is 19.7. The second kappa shape index (κ2) is 9.23. The Morgan fingerprint density at radius 3 is 2.67 bits per heavy atom. The third-order valence-electron chi connectivity index (χ3n) is 3.82. The maximum atomic E-state index is 12.2. The fourth-order valence-corrected chi connectivity index (χ4v) is 3.87. The van der Waals surface area contributed by atoms with E-state index in [-0.39, 0.29) is 11.7 Å². The molecule has 0 aliphatic rings. The molecule has 0 saturated heterocycles. The van der Waals surface area contributed by atoms with Gasteiger partial charge < -0.3 is 14.6 Å². The number of benzene rings is 2. The number of methoxy groups -OCH3 is 1. The number of amides is 1. The lowest BCUT2D eigenvalue weighted by Gasteiger charge is -2.08. The van der Waals surface area contributed by atoms with E-state index in [9.17, 15) is 4.79 Å². The van der Waals surface area contributed by atoms with Crippen LogP contribution in [0.15, 0.2) is 53.7 Å². The maximum absolute atomic E-state index is 12.2. The van der Waals surface area contributed by atoms with Gasteiger partial charge in [-0.1, -0.05) is 17.8 Å². The number of anilines is 1. The largest absolute Gasteiger partial charge is 0.497 e. The standard InChI is InChI=1S/C19H19IN4O2S/c1-3-24-18(13-7-9-16(26-2)10-8-13)22-23-19(24)27-12-17(25)21-15-6-4-5-14(20)11-15/h4-11H,3,12H2,1-2H3,(H,21,25). The van der Waals surface area contributed by atoms with Crippen molar-refractivity contribution in [2.75, 3.05) is 18.2 Å². The van der Waals surface area contributed by atoms with Gasteiger partial charge >= 0.3 is 0 Å². The molecule has 2 aromatic carbocycles. The molecular weight excluding hydrogens is 475 g/mol. The Morgan fingerprint density at radius 2 is 2.00 bits per heavy atom. The van der Waals surface area contributed by atoms with E-state index in [4.69, 9.17) is 4.74 Å². The fourth-order valence-electron chi connectivity index (χ4n) is 2.53. The number of nitrogens with zero attached hydrogens (tertiary/aromatic N) is 3. The third-order valence-corrected chi connectivity index (χ3v) is 5.46. The molecule has 0 radical (unpaired) electrons. The summed E-state index contributed by atoms with van der Waals surface area (Å²) in [5.41, 5.74) is 1.75. The lowest BCUT2D eigenvalue weighted by molar-refractivity contribution is -0.113. The first-order valence-corrected chi connectivity index (χ1v) is 10.4. The summed E-state index contributed by atoms with van der Waals surface area (Å²) >= 11 is 3.60. The van der Waals surface area contributed by atoms with Crippen LogP contribution in [0.3, 0.4) is 0 Å². The van der Waals surface area contributed by atoms with E-state index in [1.54, 1.807) is 7.11 Å². The molecule has 1 N–H and O–H groups in total. The van der Waals surface area contributed by atoms with Crippen LogP contribution in [0.2, 0.25) is 0 Å². The van der Waals surface area contributed by atoms with Crippen molar-refractivity contribution in [1.82, 2.24) is 14.8 Å². The zero-order valence-electron chi connectivity index (χ0n) is 15.0. The predicted molar refractivity (Wildman–Crippen MR) is 116 cm³/mol. The number of nitrogens with one attached hydrogen (secondary N) is 1. The lowest BCUT2D eigenvalue weighted by Crippen LogP contribution is -2.14. The van der Waals surface area contributed by atoms with Crippen LogP contribution in [0.25, 0.3) is 11.4 Å². The molecule has 140 valence electrons. The van der Waals surface area contributed by atoms with Crippen LogP contribution in [0.5, 0.6) is 5.75 Å². The minimum atomic E-state index is -0.0707.